The molecule has 78 valence electrons. The Labute approximate surface area is 86.1 Å². The van der Waals surface area contributed by atoms with Crippen LogP contribution in [-0.2, 0) is 11.3 Å². The molecule has 5 nitrogen and oxygen atoms in total. The molecule has 0 radical (unpaired) electrons. The average Bonchev–Trinajstić information content (AvgIpc) is 2.63. The van der Waals surface area contributed by atoms with Gasteiger partial charge in [0.05, 0.1) is 6.54 Å². The van der Waals surface area contributed by atoms with E-state index in [1.807, 2.05) is 0 Å². The Bertz CT molecular complexity index is 436. The van der Waals surface area contributed by atoms with E-state index in [0.717, 1.165) is 0 Å². The number of carboxylic acids is 1. The highest BCUT2D eigenvalue weighted by atomic mass is 16.4. The summed E-state index contributed by atoms with van der Waals surface area (Å²) >= 11 is 0. The summed E-state index contributed by atoms with van der Waals surface area (Å²) in [7, 11) is 0. The SMILES string of the molecule is CC#CC(=O)NCc1ccc(C(=O)O)o1. The van der Waals surface area contributed by atoms with Gasteiger partial charge in [0.1, 0.15) is 5.76 Å². The van der Waals surface area contributed by atoms with Crippen molar-refractivity contribution in [1.29, 1.82) is 0 Å². The molecular formula is C10H9NO4. The third-order valence-electron chi connectivity index (χ3n) is 1.53. The third kappa shape index (κ3) is 3.19. The first-order chi connectivity index (χ1) is 7.13. The van der Waals surface area contributed by atoms with E-state index in [-0.39, 0.29) is 12.3 Å². The molecular weight excluding hydrogens is 198 g/mol. The zero-order chi connectivity index (χ0) is 11.3. The van der Waals surface area contributed by atoms with E-state index >= 15 is 0 Å². The maximum atomic E-state index is 10.9. The second-order valence-electron chi connectivity index (χ2n) is 2.63. The molecule has 0 saturated carbocycles. The standard InChI is InChI=1S/C10H9NO4/c1-2-3-9(12)11-6-7-4-5-8(15-7)10(13)14/h4-5H,6H2,1H3,(H,11,12)(H,13,14). The number of carboxylic acid groups (broad SMARTS) is 1. The number of carbonyl (C=O) groups excluding carboxylic acids is 1. The molecule has 1 aromatic heterocycles. The zero-order valence-corrected chi connectivity index (χ0v) is 8.03. The summed E-state index contributed by atoms with van der Waals surface area (Å²) in [4.78, 5) is 21.4. The van der Waals surface area contributed by atoms with Crippen molar-refractivity contribution in [2.45, 2.75) is 13.5 Å². The second-order valence-corrected chi connectivity index (χ2v) is 2.63. The van der Waals surface area contributed by atoms with Crippen LogP contribution in [0, 0.1) is 11.8 Å². The van der Waals surface area contributed by atoms with Crippen LogP contribution in [0.3, 0.4) is 0 Å². The maximum Gasteiger partial charge on any atom is 0.371 e. The Kier molecular flexibility index (Phi) is 3.52. The largest absolute Gasteiger partial charge is 0.475 e. The summed E-state index contributed by atoms with van der Waals surface area (Å²) in [6.45, 7) is 1.68. The first kappa shape index (κ1) is 10.9. The van der Waals surface area contributed by atoms with E-state index < -0.39 is 11.9 Å². The monoisotopic (exact) mass is 207 g/mol. The molecule has 0 aliphatic rings. The van der Waals surface area contributed by atoms with E-state index in [1.165, 1.54) is 12.1 Å². The number of aromatic carboxylic acids is 1. The van der Waals surface area contributed by atoms with E-state index in [0.29, 0.717) is 5.76 Å². The van der Waals surface area contributed by atoms with Crippen molar-refractivity contribution >= 4 is 11.9 Å². The highest BCUT2D eigenvalue weighted by Crippen LogP contribution is 2.06. The molecule has 1 amide bonds. The normalized spacial score (nSPS) is 8.87. The van der Waals surface area contributed by atoms with Gasteiger partial charge in [0, 0.05) is 0 Å². The Morgan fingerprint density at radius 2 is 2.27 bits per heavy atom. The summed E-state index contributed by atoms with van der Waals surface area (Å²) in [5.74, 6) is 3.39. The molecule has 0 unspecified atom stereocenters. The van der Waals surface area contributed by atoms with Crippen molar-refractivity contribution in [3.63, 3.8) is 0 Å². The number of amides is 1. The maximum absolute atomic E-state index is 10.9. The van der Waals surface area contributed by atoms with Gasteiger partial charge in [-0.3, -0.25) is 4.79 Å². The Morgan fingerprint density at radius 3 is 2.80 bits per heavy atom. The average molecular weight is 207 g/mol. The summed E-state index contributed by atoms with van der Waals surface area (Å²) in [5, 5.41) is 11.0. The summed E-state index contributed by atoms with van der Waals surface area (Å²) in [6, 6.07) is 2.82. The van der Waals surface area contributed by atoms with Gasteiger partial charge < -0.3 is 14.8 Å². The Hall–Kier alpha value is -2.22. The fourth-order valence-corrected chi connectivity index (χ4v) is 0.913. The van der Waals surface area contributed by atoms with Crippen LogP contribution in [0.1, 0.15) is 23.2 Å². The lowest BCUT2D eigenvalue weighted by atomic mass is 10.4. The fourth-order valence-electron chi connectivity index (χ4n) is 0.913. The Balaban J connectivity index is 2.53. The molecule has 0 aromatic carbocycles. The predicted molar refractivity (Wildman–Crippen MR) is 51.0 cm³/mol. The van der Waals surface area contributed by atoms with E-state index in [9.17, 15) is 9.59 Å². The van der Waals surface area contributed by atoms with Gasteiger partial charge in [0.15, 0.2) is 0 Å². The molecule has 2 N–H and O–H groups in total. The van der Waals surface area contributed by atoms with Crippen LogP contribution in [0.5, 0.6) is 0 Å². The highest BCUT2D eigenvalue weighted by Gasteiger charge is 2.08. The van der Waals surface area contributed by atoms with Gasteiger partial charge >= 0.3 is 5.97 Å². The molecule has 1 rings (SSSR count). The van der Waals surface area contributed by atoms with Crippen LogP contribution in [0.4, 0.5) is 0 Å². The minimum Gasteiger partial charge on any atom is -0.475 e. The fraction of sp³-hybridized carbons (Fsp3) is 0.200. The van der Waals surface area contributed by atoms with Gasteiger partial charge in [0.2, 0.25) is 5.76 Å². The first-order valence-electron chi connectivity index (χ1n) is 4.16. The lowest BCUT2D eigenvalue weighted by molar-refractivity contribution is -0.115. The molecule has 0 bridgehead atoms. The molecule has 0 saturated heterocycles. The van der Waals surface area contributed by atoms with Crippen LogP contribution in [-0.4, -0.2) is 17.0 Å². The number of hydrogen-bond acceptors (Lipinski definition) is 3. The summed E-state index contributed by atoms with van der Waals surface area (Å²) in [6.07, 6.45) is 0. The van der Waals surface area contributed by atoms with Gasteiger partial charge in [-0.15, -0.1) is 0 Å². The minimum absolute atomic E-state index is 0.126. The lowest BCUT2D eigenvalue weighted by Crippen LogP contribution is -2.20. The van der Waals surface area contributed by atoms with Crippen molar-refractivity contribution in [2.24, 2.45) is 0 Å². The number of hydrogen-bond donors (Lipinski definition) is 2. The van der Waals surface area contributed by atoms with Crippen molar-refractivity contribution in [2.75, 3.05) is 0 Å². The third-order valence-corrected chi connectivity index (χ3v) is 1.53. The molecule has 0 atom stereocenters. The number of rotatable bonds is 3. The van der Waals surface area contributed by atoms with Crippen molar-refractivity contribution < 1.29 is 19.1 Å². The molecule has 1 aromatic rings. The molecule has 0 aliphatic carbocycles. The van der Waals surface area contributed by atoms with Crippen LogP contribution >= 0.6 is 0 Å². The van der Waals surface area contributed by atoms with Crippen LogP contribution in [0.15, 0.2) is 16.5 Å². The van der Waals surface area contributed by atoms with Crippen LogP contribution in [0.2, 0.25) is 0 Å². The van der Waals surface area contributed by atoms with Gasteiger partial charge in [-0.25, -0.2) is 4.79 Å². The lowest BCUT2D eigenvalue weighted by Gasteiger charge is -1.96. The van der Waals surface area contributed by atoms with E-state index in [4.69, 9.17) is 9.52 Å². The topological polar surface area (TPSA) is 79.5 Å². The predicted octanol–water partition coefficient (Wildman–Crippen LogP) is 0.617. The van der Waals surface area contributed by atoms with Gasteiger partial charge in [-0.05, 0) is 25.0 Å². The molecule has 0 fully saturated rings. The van der Waals surface area contributed by atoms with Gasteiger partial charge in [-0.1, -0.05) is 5.92 Å². The van der Waals surface area contributed by atoms with Crippen molar-refractivity contribution in [3.05, 3.63) is 23.7 Å². The molecule has 0 spiro atoms. The zero-order valence-electron chi connectivity index (χ0n) is 8.03. The van der Waals surface area contributed by atoms with Gasteiger partial charge in [0.25, 0.3) is 5.91 Å². The molecule has 5 heteroatoms. The smallest absolute Gasteiger partial charge is 0.371 e. The number of carbonyl (C=O) groups is 2. The minimum atomic E-state index is -1.14. The molecule has 15 heavy (non-hydrogen) atoms. The molecule has 0 aliphatic heterocycles. The Morgan fingerprint density at radius 1 is 1.53 bits per heavy atom. The van der Waals surface area contributed by atoms with Crippen molar-refractivity contribution in [3.8, 4) is 11.8 Å². The molecule has 1 heterocycles. The van der Waals surface area contributed by atoms with Crippen molar-refractivity contribution in [1.82, 2.24) is 5.32 Å². The van der Waals surface area contributed by atoms with Crippen LogP contribution < -0.4 is 5.32 Å². The quantitative estimate of drug-likeness (QED) is 0.712. The van der Waals surface area contributed by atoms with Gasteiger partial charge in [-0.2, -0.15) is 0 Å². The first-order valence-corrected chi connectivity index (χ1v) is 4.16. The second kappa shape index (κ2) is 4.86. The highest BCUT2D eigenvalue weighted by molar-refractivity contribution is 5.93. The van der Waals surface area contributed by atoms with E-state index in [1.54, 1.807) is 6.92 Å². The number of nitrogens with one attached hydrogen (secondary N) is 1. The van der Waals surface area contributed by atoms with E-state index in [2.05, 4.69) is 17.2 Å². The summed E-state index contributed by atoms with van der Waals surface area (Å²) in [5.41, 5.74) is 0. The number of furan rings is 1. The summed E-state index contributed by atoms with van der Waals surface area (Å²) < 4.78 is 4.91. The van der Waals surface area contributed by atoms with Crippen LogP contribution in [0.25, 0.3) is 0 Å².